The Balaban J connectivity index is 2.09. The fourth-order valence-electron chi connectivity index (χ4n) is 3.45. The van der Waals surface area contributed by atoms with Crippen molar-refractivity contribution in [3.63, 3.8) is 0 Å². The summed E-state index contributed by atoms with van der Waals surface area (Å²) in [4.78, 5) is 63.0. The summed E-state index contributed by atoms with van der Waals surface area (Å²) in [6.45, 7) is -0.493. The Hall–Kier alpha value is -3.58. The molecule has 1 heterocycles. The van der Waals surface area contributed by atoms with Gasteiger partial charge in [-0.15, -0.1) is 0 Å². The van der Waals surface area contributed by atoms with E-state index in [0.717, 1.165) is 16.5 Å². The number of thioether (sulfide) groups is 1. The first kappa shape index (κ1) is 28.7. The minimum Gasteiger partial charge on any atom is -0.481 e. The van der Waals surface area contributed by atoms with E-state index in [1.807, 2.05) is 30.5 Å². The molecular formula is C23H31N5O7S. The van der Waals surface area contributed by atoms with E-state index < -0.39 is 54.3 Å². The van der Waals surface area contributed by atoms with Crippen molar-refractivity contribution in [1.29, 1.82) is 0 Å². The minimum absolute atomic E-state index is 0.0698. The highest BCUT2D eigenvalue weighted by Gasteiger charge is 2.26. The Morgan fingerprint density at radius 2 is 1.75 bits per heavy atom. The summed E-state index contributed by atoms with van der Waals surface area (Å²) >= 11 is 1.44. The van der Waals surface area contributed by atoms with Gasteiger partial charge in [0, 0.05) is 29.9 Å². The topological polar surface area (TPSA) is 204 Å². The van der Waals surface area contributed by atoms with E-state index in [1.54, 1.807) is 6.20 Å². The number of hydrogen-bond donors (Lipinski definition) is 7. The summed E-state index contributed by atoms with van der Waals surface area (Å²) in [6, 6.07) is 4.03. The second-order valence-electron chi connectivity index (χ2n) is 8.12. The predicted molar refractivity (Wildman–Crippen MR) is 134 cm³/mol. The zero-order chi connectivity index (χ0) is 26.7. The van der Waals surface area contributed by atoms with E-state index in [2.05, 4.69) is 20.9 Å². The summed E-state index contributed by atoms with van der Waals surface area (Å²) < 4.78 is 0. The lowest BCUT2D eigenvalue weighted by Gasteiger charge is -2.21. The van der Waals surface area contributed by atoms with E-state index in [-0.39, 0.29) is 25.7 Å². The standard InChI is InChI=1S/C23H31N5O7S/c1-36-9-8-17(23(34)35)27-19(29)12-26-22(33)18(28-21(32)15(24)6-7-20(30)31)10-13-11-25-16-5-3-2-4-14(13)16/h2-5,11,15,17-18,25H,6-10,12,24H2,1H3,(H,26,33)(H,27,29)(H,28,32)(H,30,31)(H,34,35). The van der Waals surface area contributed by atoms with Gasteiger partial charge in [-0.25, -0.2) is 4.79 Å². The molecule has 0 aliphatic heterocycles. The lowest BCUT2D eigenvalue weighted by molar-refractivity contribution is -0.142. The largest absolute Gasteiger partial charge is 0.481 e. The van der Waals surface area contributed by atoms with E-state index in [9.17, 15) is 29.1 Å². The molecule has 0 aliphatic carbocycles. The third-order valence-corrected chi connectivity index (χ3v) is 6.05. The first-order chi connectivity index (χ1) is 17.1. The molecule has 2 aromatic rings. The summed E-state index contributed by atoms with van der Waals surface area (Å²) in [5.74, 6) is -3.82. The van der Waals surface area contributed by atoms with Crippen LogP contribution in [0, 0.1) is 0 Å². The van der Waals surface area contributed by atoms with Gasteiger partial charge in [0.1, 0.15) is 12.1 Å². The fraction of sp³-hybridized carbons (Fsp3) is 0.435. The molecule has 1 aromatic carbocycles. The van der Waals surface area contributed by atoms with Crippen LogP contribution in [-0.4, -0.2) is 81.5 Å². The van der Waals surface area contributed by atoms with Crippen molar-refractivity contribution < 1.29 is 34.2 Å². The monoisotopic (exact) mass is 521 g/mol. The minimum atomic E-state index is -1.18. The van der Waals surface area contributed by atoms with Crippen molar-refractivity contribution in [2.75, 3.05) is 18.6 Å². The normalized spacial score (nSPS) is 13.4. The maximum atomic E-state index is 13.0. The highest BCUT2D eigenvalue weighted by atomic mass is 32.2. The molecule has 0 saturated carbocycles. The van der Waals surface area contributed by atoms with Gasteiger partial charge in [0.05, 0.1) is 12.6 Å². The number of carboxylic acids is 2. The second-order valence-corrected chi connectivity index (χ2v) is 9.11. The van der Waals surface area contributed by atoms with Gasteiger partial charge in [-0.2, -0.15) is 11.8 Å². The fourth-order valence-corrected chi connectivity index (χ4v) is 3.92. The molecule has 0 fully saturated rings. The molecule has 13 heteroatoms. The van der Waals surface area contributed by atoms with Gasteiger partial charge < -0.3 is 36.9 Å². The van der Waals surface area contributed by atoms with Gasteiger partial charge >= 0.3 is 11.9 Å². The van der Waals surface area contributed by atoms with E-state index in [4.69, 9.17) is 10.8 Å². The third kappa shape index (κ3) is 8.89. The van der Waals surface area contributed by atoms with Crippen molar-refractivity contribution in [2.45, 2.75) is 43.8 Å². The van der Waals surface area contributed by atoms with Gasteiger partial charge in [0.15, 0.2) is 0 Å². The van der Waals surface area contributed by atoms with Crippen molar-refractivity contribution in [1.82, 2.24) is 20.9 Å². The number of benzene rings is 1. The van der Waals surface area contributed by atoms with E-state index in [0.29, 0.717) is 5.75 Å². The van der Waals surface area contributed by atoms with Gasteiger partial charge in [-0.3, -0.25) is 19.2 Å². The Kier molecular flexibility index (Phi) is 11.2. The highest BCUT2D eigenvalue weighted by molar-refractivity contribution is 7.98. The molecule has 0 aliphatic rings. The van der Waals surface area contributed by atoms with Crippen LogP contribution in [0.4, 0.5) is 0 Å². The van der Waals surface area contributed by atoms with Crippen LogP contribution in [0.3, 0.4) is 0 Å². The molecule has 0 spiro atoms. The molecule has 36 heavy (non-hydrogen) atoms. The van der Waals surface area contributed by atoms with Crippen LogP contribution in [0.25, 0.3) is 10.9 Å². The number of aliphatic carboxylic acids is 2. The third-order valence-electron chi connectivity index (χ3n) is 5.41. The van der Waals surface area contributed by atoms with Crippen molar-refractivity contribution >= 4 is 52.3 Å². The van der Waals surface area contributed by atoms with Crippen LogP contribution in [0.15, 0.2) is 30.5 Å². The van der Waals surface area contributed by atoms with Crippen LogP contribution in [0.2, 0.25) is 0 Å². The van der Waals surface area contributed by atoms with Crippen molar-refractivity contribution in [2.24, 2.45) is 5.73 Å². The maximum Gasteiger partial charge on any atom is 0.326 e. The Labute approximate surface area is 211 Å². The van der Waals surface area contributed by atoms with E-state index >= 15 is 0 Å². The SMILES string of the molecule is CSCCC(NC(=O)CNC(=O)C(Cc1c[nH]c2ccccc12)NC(=O)C(N)CCC(=O)O)C(=O)O. The number of aromatic amines is 1. The average molecular weight is 522 g/mol. The zero-order valence-corrected chi connectivity index (χ0v) is 20.6. The molecule has 1 aromatic heterocycles. The number of nitrogens with one attached hydrogen (secondary N) is 4. The number of rotatable bonds is 15. The Bertz CT molecular complexity index is 1090. The number of nitrogens with two attached hydrogens (primary N) is 1. The molecule has 12 nitrogen and oxygen atoms in total. The van der Waals surface area contributed by atoms with E-state index in [1.165, 1.54) is 11.8 Å². The molecule has 3 atom stereocenters. The maximum absolute atomic E-state index is 13.0. The summed E-state index contributed by atoms with van der Waals surface area (Å²) in [7, 11) is 0. The number of hydrogen-bond acceptors (Lipinski definition) is 7. The first-order valence-electron chi connectivity index (χ1n) is 11.2. The van der Waals surface area contributed by atoms with Gasteiger partial charge in [-0.1, -0.05) is 18.2 Å². The Morgan fingerprint density at radius 3 is 2.42 bits per heavy atom. The quantitative estimate of drug-likeness (QED) is 0.166. The number of para-hydroxylation sites is 1. The van der Waals surface area contributed by atoms with Crippen LogP contribution in [0.5, 0.6) is 0 Å². The lowest BCUT2D eigenvalue weighted by atomic mass is 10.0. The number of carbonyl (C=O) groups is 5. The molecular weight excluding hydrogens is 490 g/mol. The van der Waals surface area contributed by atoms with Crippen molar-refractivity contribution in [3.8, 4) is 0 Å². The van der Waals surface area contributed by atoms with Gasteiger partial charge in [-0.05, 0) is 36.5 Å². The molecule has 8 N–H and O–H groups in total. The molecule has 3 amide bonds. The molecule has 2 rings (SSSR count). The lowest BCUT2D eigenvalue weighted by Crippen LogP contribution is -2.54. The van der Waals surface area contributed by atoms with Crippen molar-refractivity contribution in [3.05, 3.63) is 36.0 Å². The number of carbonyl (C=O) groups excluding carboxylic acids is 3. The molecule has 0 bridgehead atoms. The summed E-state index contributed by atoms with van der Waals surface area (Å²) in [5.41, 5.74) is 7.36. The Morgan fingerprint density at radius 1 is 1.03 bits per heavy atom. The van der Waals surface area contributed by atoms with Crippen LogP contribution >= 0.6 is 11.8 Å². The number of aromatic nitrogens is 1. The summed E-state index contributed by atoms with van der Waals surface area (Å²) in [6.07, 6.45) is 3.39. The molecule has 0 radical (unpaired) electrons. The average Bonchev–Trinajstić information content (AvgIpc) is 3.25. The summed E-state index contributed by atoms with van der Waals surface area (Å²) in [5, 5.41) is 26.3. The number of amides is 3. The smallest absolute Gasteiger partial charge is 0.326 e. The zero-order valence-electron chi connectivity index (χ0n) is 19.8. The number of carboxylic acid groups (broad SMARTS) is 2. The number of H-pyrrole nitrogens is 1. The van der Waals surface area contributed by atoms with Gasteiger partial charge in [0.2, 0.25) is 17.7 Å². The van der Waals surface area contributed by atoms with Crippen LogP contribution < -0.4 is 21.7 Å². The second kappa shape index (κ2) is 14.1. The molecule has 3 unspecified atom stereocenters. The first-order valence-corrected chi connectivity index (χ1v) is 12.6. The molecule has 0 saturated heterocycles. The van der Waals surface area contributed by atoms with Crippen LogP contribution in [0.1, 0.15) is 24.8 Å². The predicted octanol–water partition coefficient (Wildman–Crippen LogP) is -0.174. The number of fused-ring (bicyclic) bond motifs is 1. The highest BCUT2D eigenvalue weighted by Crippen LogP contribution is 2.19. The van der Waals surface area contributed by atoms with Crippen LogP contribution in [-0.2, 0) is 30.4 Å². The van der Waals surface area contributed by atoms with Gasteiger partial charge in [0.25, 0.3) is 0 Å². The molecule has 196 valence electrons.